The van der Waals surface area contributed by atoms with E-state index in [1.54, 1.807) is 18.7 Å². The van der Waals surface area contributed by atoms with Crippen molar-refractivity contribution in [1.82, 2.24) is 14.9 Å². The van der Waals surface area contributed by atoms with Crippen LogP contribution in [0.4, 0.5) is 19.0 Å². The van der Waals surface area contributed by atoms with Gasteiger partial charge >= 0.3 is 0 Å². The van der Waals surface area contributed by atoms with E-state index in [0.29, 0.717) is 44.2 Å². The molecule has 3 heterocycles. The van der Waals surface area contributed by atoms with Crippen LogP contribution in [0.1, 0.15) is 53.9 Å². The van der Waals surface area contributed by atoms with Crippen LogP contribution < -0.4 is 10.1 Å². The van der Waals surface area contributed by atoms with Gasteiger partial charge in [0.2, 0.25) is 5.91 Å². The zero-order chi connectivity index (χ0) is 27.0. The number of nitrogens with one attached hydrogen (secondary N) is 1. The second-order valence-corrected chi connectivity index (χ2v) is 9.52. The van der Waals surface area contributed by atoms with E-state index < -0.39 is 23.8 Å². The number of nitrogens with zero attached hydrogens (tertiary/aromatic N) is 3. The molecule has 1 aromatic heterocycles. The molecule has 0 bridgehead atoms. The second-order valence-electron chi connectivity index (χ2n) is 9.52. The molecular weight excluding hydrogens is 497 g/mol. The summed E-state index contributed by atoms with van der Waals surface area (Å²) in [4.78, 5) is 23.3. The summed E-state index contributed by atoms with van der Waals surface area (Å²) in [5.74, 6) is 0.821. The molecule has 1 N–H and O–H groups in total. The lowest BCUT2D eigenvalue weighted by atomic mass is 9.93. The van der Waals surface area contributed by atoms with E-state index in [1.807, 2.05) is 12.1 Å². The summed E-state index contributed by atoms with van der Waals surface area (Å²) < 4.78 is 52.5. The third-order valence-corrected chi connectivity index (χ3v) is 7.04. The van der Waals surface area contributed by atoms with Crippen molar-refractivity contribution in [2.45, 2.75) is 39.2 Å². The van der Waals surface area contributed by atoms with Gasteiger partial charge in [0.05, 0.1) is 23.7 Å². The number of carbonyl (C=O) groups is 1. The van der Waals surface area contributed by atoms with Gasteiger partial charge < -0.3 is 19.7 Å². The van der Waals surface area contributed by atoms with Gasteiger partial charge in [-0.2, -0.15) is 0 Å². The number of amides is 1. The van der Waals surface area contributed by atoms with Crippen LogP contribution in [0.15, 0.2) is 30.3 Å². The Morgan fingerprint density at radius 1 is 1.24 bits per heavy atom. The molecule has 0 radical (unpaired) electrons. The molecule has 0 spiro atoms. The van der Waals surface area contributed by atoms with Crippen LogP contribution in [-0.4, -0.2) is 54.2 Å². The van der Waals surface area contributed by atoms with Gasteiger partial charge in [0.1, 0.15) is 29.8 Å². The molecular formula is C28H29F3N4O3. The largest absolute Gasteiger partial charge is 0.492 e. The Bertz CT molecular complexity index is 1430. The highest BCUT2D eigenvalue weighted by molar-refractivity contribution is 5.97. The summed E-state index contributed by atoms with van der Waals surface area (Å²) in [7, 11) is 1.50. The third kappa shape index (κ3) is 4.80. The smallest absolute Gasteiger partial charge is 0.266 e. The molecule has 2 aliphatic heterocycles. The molecule has 1 atom stereocenters. The zero-order valence-corrected chi connectivity index (χ0v) is 21.5. The number of aryl methyl sites for hydroxylation is 1. The van der Waals surface area contributed by atoms with Crippen LogP contribution >= 0.6 is 0 Å². The van der Waals surface area contributed by atoms with Gasteiger partial charge in [-0.15, -0.1) is 0 Å². The molecule has 0 fully saturated rings. The van der Waals surface area contributed by atoms with Gasteiger partial charge in [-0.1, -0.05) is 24.3 Å². The average Bonchev–Trinajstić information content (AvgIpc) is 3.39. The number of anilines is 1. The van der Waals surface area contributed by atoms with Crippen molar-refractivity contribution in [3.05, 3.63) is 64.2 Å². The van der Waals surface area contributed by atoms with Crippen molar-refractivity contribution in [3.8, 4) is 5.75 Å². The molecule has 10 heteroatoms. The van der Waals surface area contributed by atoms with Gasteiger partial charge in [-0.25, -0.2) is 23.1 Å². The fourth-order valence-corrected chi connectivity index (χ4v) is 5.14. The first-order chi connectivity index (χ1) is 18.3. The van der Waals surface area contributed by atoms with Crippen LogP contribution in [-0.2, 0) is 16.0 Å². The highest BCUT2D eigenvalue weighted by atomic mass is 19.3. The number of hydrogen-bond acceptors (Lipinski definition) is 6. The summed E-state index contributed by atoms with van der Waals surface area (Å²) in [6, 6.07) is 5.36. The Hall–Kier alpha value is -3.66. The van der Waals surface area contributed by atoms with Crippen molar-refractivity contribution in [2.75, 3.05) is 38.7 Å². The lowest BCUT2D eigenvalue weighted by molar-refractivity contribution is -0.134. The van der Waals surface area contributed by atoms with E-state index in [2.05, 4.69) is 10.3 Å². The first kappa shape index (κ1) is 26.0. The molecule has 3 aromatic rings. The van der Waals surface area contributed by atoms with Crippen LogP contribution in [0.3, 0.4) is 0 Å². The Kier molecular flexibility index (Phi) is 7.25. The van der Waals surface area contributed by atoms with Gasteiger partial charge in [-0.05, 0) is 31.9 Å². The summed E-state index contributed by atoms with van der Waals surface area (Å²) in [6.45, 7) is 5.09. The first-order valence-corrected chi connectivity index (χ1v) is 12.5. The molecule has 0 aliphatic carbocycles. The highest BCUT2D eigenvalue weighted by Gasteiger charge is 2.27. The van der Waals surface area contributed by atoms with Gasteiger partial charge in [0.15, 0.2) is 0 Å². The normalized spacial score (nSPS) is 15.9. The molecule has 0 saturated carbocycles. The average molecular weight is 527 g/mol. The van der Waals surface area contributed by atoms with Crippen LogP contribution in [0.25, 0.3) is 16.5 Å². The Morgan fingerprint density at radius 3 is 2.74 bits per heavy atom. The second kappa shape index (κ2) is 10.6. The number of halogens is 3. The lowest BCUT2D eigenvalue weighted by Crippen LogP contribution is -2.36. The Labute approximate surface area is 218 Å². The monoisotopic (exact) mass is 526 g/mol. The minimum Gasteiger partial charge on any atom is -0.492 e. The zero-order valence-electron chi connectivity index (χ0n) is 21.5. The minimum atomic E-state index is -2.90. The molecule has 1 unspecified atom stereocenters. The minimum absolute atomic E-state index is 0.0440. The van der Waals surface area contributed by atoms with E-state index in [9.17, 15) is 18.0 Å². The lowest BCUT2D eigenvalue weighted by Gasteiger charge is -2.27. The van der Waals surface area contributed by atoms with Crippen molar-refractivity contribution < 1.29 is 27.4 Å². The number of ether oxygens (including phenoxy) is 2. The molecule has 0 saturated heterocycles. The van der Waals surface area contributed by atoms with Gasteiger partial charge in [0.25, 0.3) is 6.43 Å². The molecule has 2 aromatic carbocycles. The maximum absolute atomic E-state index is 14.9. The third-order valence-electron chi connectivity index (χ3n) is 7.04. The van der Waals surface area contributed by atoms with Gasteiger partial charge in [0, 0.05) is 48.7 Å². The molecule has 200 valence electrons. The van der Waals surface area contributed by atoms with Crippen LogP contribution in [0, 0.1) is 12.7 Å². The number of aromatic nitrogens is 2. The molecule has 1 amide bonds. The fourth-order valence-electron chi connectivity index (χ4n) is 5.14. The fraction of sp³-hybridized carbons (Fsp3) is 0.393. The maximum Gasteiger partial charge on any atom is 0.266 e. The number of carbonyl (C=O) groups excluding carboxylic acids is 1. The molecule has 38 heavy (non-hydrogen) atoms. The Morgan fingerprint density at radius 2 is 2.03 bits per heavy atom. The number of alkyl halides is 2. The SMILES string of the molecule is COCC(=O)N1CC=C(c2cc3c(NC(C)c4cccc(C(F)F)c4F)nc(C)nc3c3c2OCC3)CC1. The summed E-state index contributed by atoms with van der Waals surface area (Å²) in [6.07, 6.45) is 0.450. The van der Waals surface area contributed by atoms with E-state index in [4.69, 9.17) is 14.5 Å². The quantitative estimate of drug-likeness (QED) is 0.445. The predicted octanol–water partition coefficient (Wildman–Crippen LogP) is 5.39. The number of fused-ring (bicyclic) bond motifs is 3. The van der Waals surface area contributed by atoms with E-state index in [-0.39, 0.29) is 18.1 Å². The van der Waals surface area contributed by atoms with Crippen molar-refractivity contribution >= 4 is 28.2 Å². The molecule has 2 aliphatic rings. The number of benzene rings is 2. The van der Waals surface area contributed by atoms with Crippen LogP contribution in [0.2, 0.25) is 0 Å². The predicted molar refractivity (Wildman–Crippen MR) is 138 cm³/mol. The summed E-state index contributed by atoms with van der Waals surface area (Å²) >= 11 is 0. The maximum atomic E-state index is 14.9. The first-order valence-electron chi connectivity index (χ1n) is 12.5. The van der Waals surface area contributed by atoms with E-state index in [1.165, 1.54) is 19.2 Å². The van der Waals surface area contributed by atoms with Gasteiger partial charge in [-0.3, -0.25) is 4.79 Å². The summed E-state index contributed by atoms with van der Waals surface area (Å²) in [5, 5.41) is 3.98. The molecule has 5 rings (SSSR count). The van der Waals surface area contributed by atoms with E-state index in [0.717, 1.165) is 39.4 Å². The number of methoxy groups -OCH3 is 1. The van der Waals surface area contributed by atoms with Crippen molar-refractivity contribution in [3.63, 3.8) is 0 Å². The number of rotatable bonds is 7. The highest BCUT2D eigenvalue weighted by Crippen LogP contribution is 2.42. The van der Waals surface area contributed by atoms with E-state index >= 15 is 0 Å². The summed E-state index contributed by atoms with van der Waals surface area (Å²) in [5.41, 5.74) is 3.20. The Balaban J connectivity index is 1.55. The van der Waals surface area contributed by atoms with Crippen LogP contribution in [0.5, 0.6) is 5.75 Å². The standard InChI is InChI=1S/C28H29F3N4O3/c1-15(18-5-4-6-19(24(18)29)27(30)31)32-28-22-13-21(17-7-10-35(11-8-17)23(36)14-37-3)26-20(9-12-38-26)25(22)33-16(2)34-28/h4-7,13,15,27H,8-12,14H2,1-3H3,(H,32,33,34). The number of hydrogen-bond donors (Lipinski definition) is 1. The topological polar surface area (TPSA) is 76.6 Å². The van der Waals surface area contributed by atoms with Crippen molar-refractivity contribution in [2.24, 2.45) is 0 Å². The van der Waals surface area contributed by atoms with Crippen molar-refractivity contribution in [1.29, 1.82) is 0 Å². The molecule has 7 nitrogen and oxygen atoms in total.